The van der Waals surface area contributed by atoms with Crippen LogP contribution in [-0.4, -0.2) is 82.1 Å². The number of ether oxygens (including phenoxy) is 2. The molecule has 0 atom stereocenters. The molecule has 2 aromatic carbocycles. The molecule has 4 rings (SSSR count). The highest BCUT2D eigenvalue weighted by Gasteiger charge is 2.36. The number of halogens is 4. The zero-order valence-electron chi connectivity index (χ0n) is 26.2. The van der Waals surface area contributed by atoms with Gasteiger partial charge in [0.05, 0.1) is 6.61 Å². The SMILES string of the molecule is CNC(=O)C1(C)CCN(CCOc2ccccc2F)CC1.CNC(=O)C1(C)CCNCC1.Cl.Fc1ccccc1OCCBr. The van der Waals surface area contributed by atoms with Gasteiger partial charge in [-0.05, 0) is 76.1 Å². The van der Waals surface area contributed by atoms with E-state index in [1.165, 1.54) is 12.1 Å². The third-order valence-electron chi connectivity index (χ3n) is 7.89. The van der Waals surface area contributed by atoms with Crippen LogP contribution in [0.4, 0.5) is 8.78 Å². The van der Waals surface area contributed by atoms with Gasteiger partial charge in [0.2, 0.25) is 11.8 Å². The Kier molecular flexibility index (Phi) is 18.5. The largest absolute Gasteiger partial charge is 0.490 e. The van der Waals surface area contributed by atoms with Crippen LogP contribution in [-0.2, 0) is 9.59 Å². The number of rotatable bonds is 9. The highest BCUT2D eigenvalue weighted by Crippen LogP contribution is 2.31. The summed E-state index contributed by atoms with van der Waals surface area (Å²) in [5.74, 6) is 0.261. The minimum atomic E-state index is -0.330. The van der Waals surface area contributed by atoms with Gasteiger partial charge in [-0.3, -0.25) is 14.5 Å². The second kappa shape index (κ2) is 20.5. The van der Waals surface area contributed by atoms with E-state index in [4.69, 9.17) is 9.47 Å². The van der Waals surface area contributed by atoms with E-state index in [9.17, 15) is 18.4 Å². The van der Waals surface area contributed by atoms with Crippen LogP contribution in [0, 0.1) is 22.5 Å². The van der Waals surface area contributed by atoms with E-state index in [-0.39, 0.29) is 46.7 Å². The van der Waals surface area contributed by atoms with Crippen LogP contribution < -0.4 is 25.4 Å². The maximum Gasteiger partial charge on any atom is 0.225 e. The Hall–Kier alpha value is -2.47. The molecule has 0 spiro atoms. The highest BCUT2D eigenvalue weighted by atomic mass is 79.9. The normalized spacial score (nSPS) is 16.8. The zero-order valence-corrected chi connectivity index (χ0v) is 28.6. The van der Waals surface area contributed by atoms with Crippen LogP contribution in [0.1, 0.15) is 39.5 Å². The monoisotopic (exact) mass is 704 g/mol. The van der Waals surface area contributed by atoms with E-state index >= 15 is 0 Å². The summed E-state index contributed by atoms with van der Waals surface area (Å²) in [4.78, 5) is 25.4. The number of hydrogen-bond acceptors (Lipinski definition) is 6. The number of alkyl halides is 1. The lowest BCUT2D eigenvalue weighted by Gasteiger charge is -2.37. The molecule has 0 unspecified atom stereocenters. The molecular formula is C32H48BrClF2N4O4. The number of para-hydroxylation sites is 2. The third kappa shape index (κ3) is 12.9. The van der Waals surface area contributed by atoms with Crippen LogP contribution in [0.5, 0.6) is 11.5 Å². The fourth-order valence-corrected chi connectivity index (χ4v) is 5.03. The lowest BCUT2D eigenvalue weighted by atomic mass is 9.79. The Balaban J connectivity index is 0.000000357. The van der Waals surface area contributed by atoms with Crippen molar-refractivity contribution in [1.29, 1.82) is 0 Å². The van der Waals surface area contributed by atoms with Crippen LogP contribution >= 0.6 is 28.3 Å². The molecule has 0 aromatic heterocycles. The number of piperidine rings is 2. The summed E-state index contributed by atoms with van der Waals surface area (Å²) in [6.45, 7) is 9.39. The number of hydrogen-bond donors (Lipinski definition) is 3. The van der Waals surface area contributed by atoms with Gasteiger partial charge in [0.1, 0.15) is 6.61 Å². The Morgan fingerprint density at radius 2 is 1.25 bits per heavy atom. The summed E-state index contributed by atoms with van der Waals surface area (Å²) in [5.41, 5.74) is -0.391. The van der Waals surface area contributed by atoms with Gasteiger partial charge in [0.15, 0.2) is 23.1 Å². The van der Waals surface area contributed by atoms with Crippen molar-refractivity contribution in [3.63, 3.8) is 0 Å². The lowest BCUT2D eigenvalue weighted by Crippen LogP contribution is -2.47. The molecule has 8 nitrogen and oxygen atoms in total. The minimum Gasteiger partial charge on any atom is -0.490 e. The quantitative estimate of drug-likeness (QED) is 0.311. The number of carbonyl (C=O) groups excluding carboxylic acids is 2. The molecule has 0 aliphatic carbocycles. The van der Waals surface area contributed by atoms with Crippen LogP contribution in [0.25, 0.3) is 0 Å². The summed E-state index contributed by atoms with van der Waals surface area (Å²) < 4.78 is 36.7. The summed E-state index contributed by atoms with van der Waals surface area (Å²) >= 11 is 3.18. The first kappa shape index (κ1) is 39.6. The molecule has 3 N–H and O–H groups in total. The molecule has 248 valence electrons. The van der Waals surface area contributed by atoms with Gasteiger partial charge >= 0.3 is 0 Å². The van der Waals surface area contributed by atoms with Crippen molar-refractivity contribution in [2.24, 2.45) is 10.8 Å². The van der Waals surface area contributed by atoms with Crippen LogP contribution in [0.2, 0.25) is 0 Å². The second-order valence-electron chi connectivity index (χ2n) is 11.1. The number of likely N-dealkylation sites (tertiary alicyclic amines) is 1. The first-order valence-electron chi connectivity index (χ1n) is 14.8. The molecular weight excluding hydrogens is 658 g/mol. The van der Waals surface area contributed by atoms with Gasteiger partial charge in [-0.1, -0.05) is 54.0 Å². The minimum absolute atomic E-state index is 0. The smallest absolute Gasteiger partial charge is 0.225 e. The molecule has 0 saturated carbocycles. The van der Waals surface area contributed by atoms with E-state index in [2.05, 4.69) is 36.8 Å². The molecule has 2 aliphatic rings. The predicted molar refractivity (Wildman–Crippen MR) is 177 cm³/mol. The van der Waals surface area contributed by atoms with Crippen molar-refractivity contribution in [3.05, 3.63) is 60.2 Å². The van der Waals surface area contributed by atoms with Gasteiger partial charge in [-0.15, -0.1) is 12.4 Å². The average molecular weight is 706 g/mol. The van der Waals surface area contributed by atoms with Crippen molar-refractivity contribution in [2.75, 3.05) is 65.4 Å². The van der Waals surface area contributed by atoms with E-state index in [1.54, 1.807) is 50.5 Å². The maximum atomic E-state index is 13.4. The molecule has 2 aliphatic heterocycles. The van der Waals surface area contributed by atoms with Gasteiger partial charge in [0.25, 0.3) is 0 Å². The van der Waals surface area contributed by atoms with Gasteiger partial charge in [0, 0.05) is 36.8 Å². The number of carbonyl (C=O) groups is 2. The summed E-state index contributed by atoms with van der Waals surface area (Å²) in [6, 6.07) is 12.8. The molecule has 12 heteroatoms. The molecule has 0 radical (unpaired) electrons. The standard InChI is InChI=1S/C16H23FN2O2.C8H8BrFO.C8H16N2O.ClH/c1-16(15(20)18-2)7-9-19(10-8-16)11-12-21-14-6-4-3-5-13(14)17;9-5-6-11-8-4-2-1-3-7(8)10;1-8(7(11)9-2)3-5-10-6-4-8;/h3-6H,7-12H2,1-2H3,(H,18,20);1-4H,5-6H2;10H,3-6H2,1-2H3,(H,9,11);1H. The van der Waals surface area contributed by atoms with E-state index in [0.29, 0.717) is 30.0 Å². The predicted octanol–water partition coefficient (Wildman–Crippen LogP) is 5.20. The van der Waals surface area contributed by atoms with E-state index in [1.807, 2.05) is 13.8 Å². The number of nitrogens with one attached hydrogen (secondary N) is 3. The topological polar surface area (TPSA) is 91.9 Å². The van der Waals surface area contributed by atoms with Crippen molar-refractivity contribution in [3.8, 4) is 11.5 Å². The Morgan fingerprint density at radius 3 is 1.68 bits per heavy atom. The maximum absolute atomic E-state index is 13.4. The van der Waals surface area contributed by atoms with Gasteiger partial charge in [-0.2, -0.15) is 0 Å². The van der Waals surface area contributed by atoms with Crippen molar-refractivity contribution in [2.45, 2.75) is 39.5 Å². The number of amides is 2. The van der Waals surface area contributed by atoms with Crippen molar-refractivity contribution < 1.29 is 27.8 Å². The third-order valence-corrected chi connectivity index (χ3v) is 8.21. The number of nitrogens with zero attached hydrogens (tertiary/aromatic N) is 1. The first-order chi connectivity index (χ1) is 20.6. The second-order valence-corrected chi connectivity index (χ2v) is 11.9. The lowest BCUT2D eigenvalue weighted by molar-refractivity contribution is -0.132. The van der Waals surface area contributed by atoms with E-state index < -0.39 is 0 Å². The summed E-state index contributed by atoms with van der Waals surface area (Å²) in [7, 11) is 3.39. The van der Waals surface area contributed by atoms with Crippen molar-refractivity contribution >= 4 is 40.2 Å². The fraction of sp³-hybridized carbons (Fsp3) is 0.562. The molecule has 44 heavy (non-hydrogen) atoms. The zero-order chi connectivity index (χ0) is 31.7. The average Bonchev–Trinajstić information content (AvgIpc) is 3.02. The van der Waals surface area contributed by atoms with Gasteiger partial charge < -0.3 is 25.4 Å². The number of benzene rings is 2. The van der Waals surface area contributed by atoms with Gasteiger partial charge in [-0.25, -0.2) is 8.78 Å². The molecule has 2 fully saturated rings. The van der Waals surface area contributed by atoms with Crippen LogP contribution in [0.15, 0.2) is 48.5 Å². The van der Waals surface area contributed by atoms with E-state index in [0.717, 1.165) is 58.4 Å². The van der Waals surface area contributed by atoms with Crippen molar-refractivity contribution in [1.82, 2.24) is 20.9 Å². The molecule has 2 saturated heterocycles. The molecule has 0 bridgehead atoms. The Bertz CT molecular complexity index is 1130. The highest BCUT2D eigenvalue weighted by molar-refractivity contribution is 9.09. The molecule has 2 amide bonds. The first-order valence-corrected chi connectivity index (χ1v) is 15.9. The summed E-state index contributed by atoms with van der Waals surface area (Å²) in [5, 5.41) is 9.39. The van der Waals surface area contributed by atoms with Crippen LogP contribution in [0.3, 0.4) is 0 Å². The fourth-order valence-electron chi connectivity index (χ4n) is 4.86. The Labute approximate surface area is 275 Å². The summed E-state index contributed by atoms with van der Waals surface area (Å²) in [6.07, 6.45) is 3.58. The Morgan fingerprint density at radius 1 is 0.818 bits per heavy atom. The molecule has 2 heterocycles. The molecule has 2 aromatic rings.